The molecule has 3 heteroatoms. The van der Waals surface area contributed by atoms with Crippen molar-refractivity contribution in [2.24, 2.45) is 0 Å². The summed E-state index contributed by atoms with van der Waals surface area (Å²) in [6.45, 7) is 0. The molecule has 94 valence electrons. The van der Waals surface area contributed by atoms with E-state index in [9.17, 15) is 9.50 Å². The van der Waals surface area contributed by atoms with E-state index >= 15 is 0 Å². The lowest BCUT2D eigenvalue weighted by atomic mass is 10.0. The second-order valence-corrected chi connectivity index (χ2v) is 4.75. The number of rotatable bonds is 4. The molecule has 1 unspecified atom stereocenters. The summed E-state index contributed by atoms with van der Waals surface area (Å²) < 4.78 is 13.0. The molecule has 0 spiro atoms. The average molecular weight is 265 g/mol. The predicted molar refractivity (Wildman–Crippen MR) is 71.3 cm³/mol. The standard InChI is InChI=1S/C15H14ClFO/c16-13-6-4-11(5-7-13)9-15(18)10-12-2-1-3-14(17)8-12/h1-8,15,18H,9-10H2. The fraction of sp³-hybridized carbons (Fsp3) is 0.200. The summed E-state index contributed by atoms with van der Waals surface area (Å²) in [5.74, 6) is -0.272. The van der Waals surface area contributed by atoms with Crippen LogP contribution in [0.15, 0.2) is 48.5 Å². The molecule has 0 saturated heterocycles. The minimum absolute atomic E-state index is 0.272. The topological polar surface area (TPSA) is 20.2 Å². The van der Waals surface area contributed by atoms with E-state index in [0.717, 1.165) is 11.1 Å². The fourth-order valence-electron chi connectivity index (χ4n) is 1.90. The smallest absolute Gasteiger partial charge is 0.123 e. The molecule has 1 N–H and O–H groups in total. The molecule has 0 saturated carbocycles. The lowest BCUT2D eigenvalue weighted by Crippen LogP contribution is -2.13. The van der Waals surface area contributed by atoms with Crippen molar-refractivity contribution in [1.82, 2.24) is 0 Å². The maximum absolute atomic E-state index is 13.0. The minimum Gasteiger partial charge on any atom is -0.392 e. The second kappa shape index (κ2) is 5.98. The van der Waals surface area contributed by atoms with Gasteiger partial charge in [-0.1, -0.05) is 35.9 Å². The van der Waals surface area contributed by atoms with Crippen LogP contribution in [0.1, 0.15) is 11.1 Å². The Morgan fingerprint density at radius 3 is 2.33 bits per heavy atom. The number of aliphatic hydroxyl groups excluding tert-OH is 1. The summed E-state index contributed by atoms with van der Waals surface area (Å²) in [4.78, 5) is 0. The number of halogens is 2. The SMILES string of the molecule is OC(Cc1ccc(Cl)cc1)Cc1cccc(F)c1. The van der Waals surface area contributed by atoms with Crippen LogP contribution in [0, 0.1) is 5.82 Å². The Kier molecular flexibility index (Phi) is 4.34. The Labute approximate surface area is 111 Å². The molecule has 0 radical (unpaired) electrons. The summed E-state index contributed by atoms with van der Waals surface area (Å²) in [5, 5.41) is 10.6. The zero-order valence-electron chi connectivity index (χ0n) is 9.81. The lowest BCUT2D eigenvalue weighted by Gasteiger charge is -2.11. The van der Waals surface area contributed by atoms with E-state index in [4.69, 9.17) is 11.6 Å². The van der Waals surface area contributed by atoms with Crippen molar-refractivity contribution in [3.8, 4) is 0 Å². The first-order chi connectivity index (χ1) is 8.63. The van der Waals surface area contributed by atoms with Crippen LogP contribution in [0.5, 0.6) is 0 Å². The van der Waals surface area contributed by atoms with Gasteiger partial charge in [-0.2, -0.15) is 0 Å². The molecule has 0 heterocycles. The maximum Gasteiger partial charge on any atom is 0.123 e. The molecule has 0 aliphatic heterocycles. The van der Waals surface area contributed by atoms with E-state index in [1.165, 1.54) is 12.1 Å². The van der Waals surface area contributed by atoms with Crippen molar-refractivity contribution >= 4 is 11.6 Å². The number of hydrogen-bond acceptors (Lipinski definition) is 1. The molecule has 0 aromatic heterocycles. The highest BCUT2D eigenvalue weighted by atomic mass is 35.5. The third-order valence-corrected chi connectivity index (χ3v) is 3.00. The Morgan fingerprint density at radius 1 is 1.00 bits per heavy atom. The molecule has 2 rings (SSSR count). The Bertz CT molecular complexity index is 510. The van der Waals surface area contributed by atoms with E-state index in [2.05, 4.69) is 0 Å². The highest BCUT2D eigenvalue weighted by Crippen LogP contribution is 2.13. The van der Waals surface area contributed by atoms with Crippen LogP contribution >= 0.6 is 11.6 Å². The van der Waals surface area contributed by atoms with Gasteiger partial charge in [0.05, 0.1) is 6.10 Å². The normalized spacial score (nSPS) is 12.4. The van der Waals surface area contributed by atoms with Gasteiger partial charge in [0.1, 0.15) is 5.82 Å². The first-order valence-corrected chi connectivity index (χ1v) is 6.18. The van der Waals surface area contributed by atoms with Gasteiger partial charge < -0.3 is 5.11 Å². The van der Waals surface area contributed by atoms with Crippen LogP contribution in [0.3, 0.4) is 0 Å². The number of hydrogen-bond donors (Lipinski definition) is 1. The maximum atomic E-state index is 13.0. The van der Waals surface area contributed by atoms with E-state index in [-0.39, 0.29) is 5.82 Å². The van der Waals surface area contributed by atoms with Gasteiger partial charge in [-0.15, -0.1) is 0 Å². The van der Waals surface area contributed by atoms with E-state index in [0.29, 0.717) is 17.9 Å². The molecule has 2 aromatic rings. The van der Waals surface area contributed by atoms with Gasteiger partial charge in [-0.25, -0.2) is 4.39 Å². The zero-order valence-corrected chi connectivity index (χ0v) is 10.6. The fourth-order valence-corrected chi connectivity index (χ4v) is 2.03. The van der Waals surface area contributed by atoms with Crippen molar-refractivity contribution in [2.45, 2.75) is 18.9 Å². The predicted octanol–water partition coefficient (Wildman–Crippen LogP) is 3.63. The summed E-state index contributed by atoms with van der Waals surface area (Å²) in [6.07, 6.45) is 0.460. The zero-order chi connectivity index (χ0) is 13.0. The Hall–Kier alpha value is -1.38. The Morgan fingerprint density at radius 2 is 1.67 bits per heavy atom. The lowest BCUT2D eigenvalue weighted by molar-refractivity contribution is 0.175. The van der Waals surface area contributed by atoms with Crippen LogP contribution in [0.25, 0.3) is 0 Å². The van der Waals surface area contributed by atoms with Crippen LogP contribution < -0.4 is 0 Å². The monoisotopic (exact) mass is 264 g/mol. The molecule has 1 atom stereocenters. The molecular weight excluding hydrogens is 251 g/mol. The van der Waals surface area contributed by atoms with Crippen LogP contribution in [0.4, 0.5) is 4.39 Å². The van der Waals surface area contributed by atoms with Gasteiger partial charge in [0, 0.05) is 5.02 Å². The van der Waals surface area contributed by atoms with Crippen LogP contribution in [-0.2, 0) is 12.8 Å². The van der Waals surface area contributed by atoms with Gasteiger partial charge >= 0.3 is 0 Å². The van der Waals surface area contributed by atoms with Crippen molar-refractivity contribution in [3.05, 3.63) is 70.5 Å². The molecule has 0 aliphatic rings. The summed E-state index contributed by atoms with van der Waals surface area (Å²) in [7, 11) is 0. The largest absolute Gasteiger partial charge is 0.392 e. The second-order valence-electron chi connectivity index (χ2n) is 4.32. The molecule has 2 aromatic carbocycles. The highest BCUT2D eigenvalue weighted by molar-refractivity contribution is 6.30. The molecular formula is C15H14ClFO. The van der Waals surface area contributed by atoms with Gasteiger partial charge in [0.25, 0.3) is 0 Å². The quantitative estimate of drug-likeness (QED) is 0.894. The minimum atomic E-state index is -0.520. The molecule has 18 heavy (non-hydrogen) atoms. The van der Waals surface area contributed by atoms with Crippen molar-refractivity contribution < 1.29 is 9.50 Å². The summed E-state index contributed by atoms with van der Waals surface area (Å²) in [5.41, 5.74) is 1.82. The molecule has 0 fully saturated rings. The van der Waals surface area contributed by atoms with Crippen LogP contribution in [0.2, 0.25) is 5.02 Å². The Balaban J connectivity index is 1.96. The molecule has 0 bridgehead atoms. The van der Waals surface area contributed by atoms with Gasteiger partial charge in [-0.05, 0) is 48.2 Å². The number of aliphatic hydroxyl groups is 1. The van der Waals surface area contributed by atoms with E-state index < -0.39 is 6.10 Å². The molecule has 0 aliphatic carbocycles. The first-order valence-electron chi connectivity index (χ1n) is 5.80. The van der Waals surface area contributed by atoms with Gasteiger partial charge in [0.2, 0.25) is 0 Å². The molecule has 0 amide bonds. The van der Waals surface area contributed by atoms with E-state index in [1.807, 2.05) is 18.2 Å². The van der Waals surface area contributed by atoms with Crippen LogP contribution in [-0.4, -0.2) is 11.2 Å². The van der Waals surface area contributed by atoms with Crippen molar-refractivity contribution in [2.75, 3.05) is 0 Å². The van der Waals surface area contributed by atoms with E-state index in [1.54, 1.807) is 18.2 Å². The summed E-state index contributed by atoms with van der Waals surface area (Å²) >= 11 is 5.79. The van der Waals surface area contributed by atoms with Gasteiger partial charge in [-0.3, -0.25) is 0 Å². The van der Waals surface area contributed by atoms with Crippen molar-refractivity contribution in [1.29, 1.82) is 0 Å². The molecule has 1 nitrogen and oxygen atoms in total. The van der Waals surface area contributed by atoms with Crippen molar-refractivity contribution in [3.63, 3.8) is 0 Å². The number of benzene rings is 2. The first kappa shape index (κ1) is 13.1. The average Bonchev–Trinajstić information content (AvgIpc) is 2.32. The third kappa shape index (κ3) is 3.83. The van der Waals surface area contributed by atoms with Gasteiger partial charge in [0.15, 0.2) is 0 Å². The third-order valence-electron chi connectivity index (χ3n) is 2.74. The summed E-state index contributed by atoms with van der Waals surface area (Å²) in [6, 6.07) is 13.7. The highest BCUT2D eigenvalue weighted by Gasteiger charge is 2.07.